The molecular formula is C24H26N4O3S. The molecule has 0 bridgehead atoms. The van der Waals surface area contributed by atoms with Crippen LogP contribution in [0.3, 0.4) is 0 Å². The molecule has 1 heterocycles. The number of nitrogens with one attached hydrogen (secondary N) is 3. The van der Waals surface area contributed by atoms with Crippen molar-refractivity contribution in [1.82, 2.24) is 15.3 Å². The van der Waals surface area contributed by atoms with E-state index in [-0.39, 0.29) is 29.5 Å². The molecular weight excluding hydrogens is 424 g/mol. The summed E-state index contributed by atoms with van der Waals surface area (Å²) < 4.78 is 0. The number of anilines is 1. The van der Waals surface area contributed by atoms with Gasteiger partial charge in [-0.1, -0.05) is 59.8 Å². The lowest BCUT2D eigenvalue weighted by Crippen LogP contribution is -2.28. The Bertz CT molecular complexity index is 1150. The van der Waals surface area contributed by atoms with Crippen LogP contribution in [0.5, 0.6) is 0 Å². The van der Waals surface area contributed by atoms with Crippen LogP contribution in [0, 0.1) is 13.8 Å². The minimum atomic E-state index is -0.357. The van der Waals surface area contributed by atoms with Crippen molar-refractivity contribution in [3.63, 3.8) is 0 Å². The van der Waals surface area contributed by atoms with Gasteiger partial charge in [0.2, 0.25) is 11.8 Å². The maximum absolute atomic E-state index is 12.3. The van der Waals surface area contributed by atoms with Gasteiger partial charge in [0, 0.05) is 18.3 Å². The maximum atomic E-state index is 12.3. The van der Waals surface area contributed by atoms with Gasteiger partial charge in [-0.2, -0.15) is 0 Å². The van der Waals surface area contributed by atoms with E-state index < -0.39 is 0 Å². The summed E-state index contributed by atoms with van der Waals surface area (Å²) in [4.78, 5) is 43.4. The van der Waals surface area contributed by atoms with Crippen molar-refractivity contribution in [3.8, 4) is 0 Å². The van der Waals surface area contributed by atoms with Gasteiger partial charge in [0.25, 0.3) is 5.56 Å². The molecule has 7 nitrogen and oxygen atoms in total. The lowest BCUT2D eigenvalue weighted by molar-refractivity contribution is -0.120. The molecule has 3 aromatic rings. The average Bonchev–Trinajstić information content (AvgIpc) is 2.75. The summed E-state index contributed by atoms with van der Waals surface area (Å²) in [5, 5.41) is 6.01. The van der Waals surface area contributed by atoms with Crippen LogP contribution in [0.15, 0.2) is 64.5 Å². The van der Waals surface area contributed by atoms with Crippen LogP contribution in [0.25, 0.3) is 0 Å². The van der Waals surface area contributed by atoms with Crippen molar-refractivity contribution in [3.05, 3.63) is 87.3 Å². The summed E-state index contributed by atoms with van der Waals surface area (Å²) in [6.07, 6.45) is 0.729. The van der Waals surface area contributed by atoms with Crippen LogP contribution in [0.4, 0.5) is 5.69 Å². The number of H-pyrrole nitrogens is 1. The van der Waals surface area contributed by atoms with Gasteiger partial charge in [-0.05, 0) is 37.5 Å². The monoisotopic (exact) mass is 450 g/mol. The van der Waals surface area contributed by atoms with E-state index in [1.165, 1.54) is 6.07 Å². The normalized spacial score (nSPS) is 10.6. The molecule has 0 aliphatic rings. The Morgan fingerprint density at radius 2 is 1.81 bits per heavy atom. The second kappa shape index (κ2) is 11.3. The number of aromatic nitrogens is 2. The predicted octanol–water partition coefficient (Wildman–Crippen LogP) is 3.02. The first-order chi connectivity index (χ1) is 15.4. The SMILES string of the molecule is Cc1ccc(NC(=O)CSc2nc(CC(=O)NCCc3ccccc3)cc(=O)[nH]2)c(C)c1. The summed E-state index contributed by atoms with van der Waals surface area (Å²) in [5.41, 5.74) is 4.00. The minimum Gasteiger partial charge on any atom is -0.355 e. The molecule has 1 aromatic heterocycles. The quantitative estimate of drug-likeness (QED) is 0.343. The molecule has 32 heavy (non-hydrogen) atoms. The van der Waals surface area contributed by atoms with E-state index in [1.807, 2.05) is 62.4 Å². The molecule has 2 aromatic carbocycles. The van der Waals surface area contributed by atoms with Crippen LogP contribution in [-0.4, -0.2) is 34.1 Å². The summed E-state index contributed by atoms with van der Waals surface area (Å²) in [6.45, 7) is 4.43. The topological polar surface area (TPSA) is 104 Å². The third-order valence-corrected chi connectivity index (χ3v) is 5.56. The van der Waals surface area contributed by atoms with Gasteiger partial charge in [-0.25, -0.2) is 4.98 Å². The Labute approximate surface area is 191 Å². The number of aryl methyl sites for hydroxylation is 2. The minimum absolute atomic E-state index is 0.00102. The van der Waals surface area contributed by atoms with Crippen LogP contribution < -0.4 is 16.2 Å². The van der Waals surface area contributed by atoms with Crippen molar-refractivity contribution in [2.45, 2.75) is 31.8 Å². The first-order valence-electron chi connectivity index (χ1n) is 10.3. The zero-order chi connectivity index (χ0) is 22.9. The Hall–Kier alpha value is -3.39. The van der Waals surface area contributed by atoms with Crippen LogP contribution >= 0.6 is 11.8 Å². The van der Waals surface area contributed by atoms with Gasteiger partial charge in [0.15, 0.2) is 5.16 Å². The molecule has 0 spiro atoms. The molecule has 166 valence electrons. The van der Waals surface area contributed by atoms with E-state index in [4.69, 9.17) is 0 Å². The highest BCUT2D eigenvalue weighted by Gasteiger charge is 2.10. The molecule has 0 atom stereocenters. The van der Waals surface area contributed by atoms with E-state index in [0.29, 0.717) is 17.4 Å². The largest absolute Gasteiger partial charge is 0.355 e. The van der Waals surface area contributed by atoms with E-state index in [9.17, 15) is 14.4 Å². The van der Waals surface area contributed by atoms with E-state index in [1.54, 1.807) is 0 Å². The number of hydrogen-bond acceptors (Lipinski definition) is 5. The van der Waals surface area contributed by atoms with E-state index in [0.717, 1.165) is 40.6 Å². The maximum Gasteiger partial charge on any atom is 0.251 e. The molecule has 8 heteroatoms. The van der Waals surface area contributed by atoms with Gasteiger partial charge >= 0.3 is 0 Å². The third kappa shape index (κ3) is 7.39. The van der Waals surface area contributed by atoms with Gasteiger partial charge < -0.3 is 15.6 Å². The summed E-state index contributed by atoms with van der Waals surface area (Å²) in [7, 11) is 0. The third-order valence-electron chi connectivity index (χ3n) is 4.69. The van der Waals surface area contributed by atoms with Crippen LogP contribution in [0.1, 0.15) is 22.4 Å². The van der Waals surface area contributed by atoms with Gasteiger partial charge in [0.05, 0.1) is 17.9 Å². The number of hydrogen-bond donors (Lipinski definition) is 3. The van der Waals surface area contributed by atoms with Gasteiger partial charge in [-0.15, -0.1) is 0 Å². The smallest absolute Gasteiger partial charge is 0.251 e. The fourth-order valence-electron chi connectivity index (χ4n) is 3.13. The Balaban J connectivity index is 1.50. The van der Waals surface area contributed by atoms with Crippen molar-refractivity contribution < 1.29 is 9.59 Å². The Kier molecular flexibility index (Phi) is 8.21. The first kappa shape index (κ1) is 23.3. The number of carbonyl (C=O) groups is 2. The molecule has 0 saturated carbocycles. The van der Waals surface area contributed by atoms with Gasteiger partial charge in [-0.3, -0.25) is 14.4 Å². The fourth-order valence-corrected chi connectivity index (χ4v) is 3.83. The summed E-state index contributed by atoms with van der Waals surface area (Å²) in [6, 6.07) is 17.0. The molecule has 0 saturated heterocycles. The Morgan fingerprint density at radius 1 is 1.03 bits per heavy atom. The van der Waals surface area contributed by atoms with Crippen LogP contribution in [-0.2, 0) is 22.4 Å². The molecule has 0 fully saturated rings. The summed E-state index contributed by atoms with van der Waals surface area (Å²) >= 11 is 1.12. The number of nitrogens with zero attached hydrogens (tertiary/aromatic N) is 1. The zero-order valence-corrected chi connectivity index (χ0v) is 18.9. The zero-order valence-electron chi connectivity index (χ0n) is 18.1. The highest BCUT2D eigenvalue weighted by molar-refractivity contribution is 7.99. The van der Waals surface area contributed by atoms with Crippen molar-refractivity contribution in [2.24, 2.45) is 0 Å². The number of carbonyl (C=O) groups excluding carboxylic acids is 2. The molecule has 0 unspecified atom stereocenters. The molecule has 0 aliphatic carbocycles. The number of amides is 2. The first-order valence-corrected chi connectivity index (χ1v) is 11.3. The number of benzene rings is 2. The Morgan fingerprint density at radius 3 is 2.56 bits per heavy atom. The lowest BCUT2D eigenvalue weighted by atomic mass is 10.1. The second-order valence-electron chi connectivity index (χ2n) is 7.46. The molecule has 0 aliphatic heterocycles. The second-order valence-corrected chi connectivity index (χ2v) is 8.42. The number of aromatic amines is 1. The van der Waals surface area contributed by atoms with Crippen molar-refractivity contribution in [2.75, 3.05) is 17.6 Å². The standard InChI is InChI=1S/C24H26N4O3S/c1-16-8-9-20(17(2)12-16)27-23(31)15-32-24-26-19(14-22(30)28-24)13-21(29)25-11-10-18-6-4-3-5-7-18/h3-9,12,14H,10-11,13,15H2,1-2H3,(H,25,29)(H,27,31)(H,26,28,30). The predicted molar refractivity (Wildman–Crippen MR) is 127 cm³/mol. The highest BCUT2D eigenvalue weighted by Crippen LogP contribution is 2.17. The highest BCUT2D eigenvalue weighted by atomic mass is 32.2. The van der Waals surface area contributed by atoms with E-state index >= 15 is 0 Å². The molecule has 2 amide bonds. The molecule has 0 radical (unpaired) electrons. The fraction of sp³-hybridized carbons (Fsp3) is 0.250. The number of thioether (sulfide) groups is 1. The van der Waals surface area contributed by atoms with Crippen molar-refractivity contribution >= 4 is 29.3 Å². The van der Waals surface area contributed by atoms with Gasteiger partial charge in [0.1, 0.15) is 0 Å². The van der Waals surface area contributed by atoms with Crippen LogP contribution in [0.2, 0.25) is 0 Å². The number of rotatable bonds is 9. The summed E-state index contributed by atoms with van der Waals surface area (Å²) in [5.74, 6) is -0.320. The molecule has 3 N–H and O–H groups in total. The average molecular weight is 451 g/mol. The van der Waals surface area contributed by atoms with E-state index in [2.05, 4.69) is 20.6 Å². The molecule has 3 rings (SSSR count). The lowest BCUT2D eigenvalue weighted by Gasteiger charge is -2.09. The van der Waals surface area contributed by atoms with Crippen molar-refractivity contribution in [1.29, 1.82) is 0 Å².